The Bertz CT molecular complexity index is 382. The summed E-state index contributed by atoms with van der Waals surface area (Å²) in [5.74, 6) is 0.854. The molecule has 2 rings (SSSR count). The van der Waals surface area contributed by atoms with Gasteiger partial charge in [0, 0.05) is 13.0 Å². The molecule has 1 heterocycles. The van der Waals surface area contributed by atoms with Crippen LogP contribution in [0.1, 0.15) is 49.5 Å². The highest BCUT2D eigenvalue weighted by atomic mass is 79.9. The van der Waals surface area contributed by atoms with E-state index < -0.39 is 0 Å². The number of hydrogen-bond acceptors (Lipinski definition) is 2. The van der Waals surface area contributed by atoms with Crippen LogP contribution in [0, 0.1) is 5.92 Å². The molecule has 0 aliphatic heterocycles. The molecular formula is C12H17BrN2O. The zero-order valence-corrected chi connectivity index (χ0v) is 11.2. The Kier molecular flexibility index (Phi) is 3.79. The second-order valence-corrected chi connectivity index (χ2v) is 5.34. The summed E-state index contributed by atoms with van der Waals surface area (Å²) in [6.07, 6.45) is 7.12. The molecular weight excluding hydrogens is 268 g/mol. The molecule has 1 aliphatic carbocycles. The lowest BCUT2D eigenvalue weighted by Crippen LogP contribution is -2.19. The standard InChI is InChI=1S/C12H17BrN2O/c1-2-6-15-12(10(13)8-14-15)11(16)7-9-4-3-5-9/h8-9H,2-7H2,1H3. The van der Waals surface area contributed by atoms with E-state index in [9.17, 15) is 4.79 Å². The molecule has 0 aromatic carbocycles. The minimum absolute atomic E-state index is 0.238. The molecule has 0 unspecified atom stereocenters. The summed E-state index contributed by atoms with van der Waals surface area (Å²) < 4.78 is 2.66. The smallest absolute Gasteiger partial charge is 0.182 e. The third-order valence-electron chi connectivity index (χ3n) is 3.19. The van der Waals surface area contributed by atoms with E-state index in [0.29, 0.717) is 12.3 Å². The first-order valence-corrected chi connectivity index (χ1v) is 6.76. The average molecular weight is 285 g/mol. The first kappa shape index (κ1) is 11.8. The summed E-state index contributed by atoms with van der Waals surface area (Å²) in [7, 11) is 0. The number of carbonyl (C=O) groups is 1. The van der Waals surface area contributed by atoms with Crippen LogP contribution in [-0.4, -0.2) is 15.6 Å². The maximum Gasteiger partial charge on any atom is 0.182 e. The summed E-state index contributed by atoms with van der Waals surface area (Å²) in [5, 5.41) is 4.23. The summed E-state index contributed by atoms with van der Waals surface area (Å²) in [4.78, 5) is 12.1. The summed E-state index contributed by atoms with van der Waals surface area (Å²) in [6.45, 7) is 2.91. The van der Waals surface area contributed by atoms with Crippen LogP contribution in [0.3, 0.4) is 0 Å². The Morgan fingerprint density at radius 3 is 2.94 bits per heavy atom. The normalized spacial score (nSPS) is 16.1. The summed E-state index contributed by atoms with van der Waals surface area (Å²) in [6, 6.07) is 0. The first-order valence-electron chi connectivity index (χ1n) is 5.97. The van der Waals surface area contributed by atoms with Gasteiger partial charge in [0.25, 0.3) is 0 Å². The van der Waals surface area contributed by atoms with Crippen LogP contribution in [0.25, 0.3) is 0 Å². The number of halogens is 1. The average Bonchev–Trinajstić information content (AvgIpc) is 2.54. The van der Waals surface area contributed by atoms with Crippen molar-refractivity contribution >= 4 is 21.7 Å². The molecule has 0 bridgehead atoms. The minimum Gasteiger partial charge on any atom is -0.292 e. The largest absolute Gasteiger partial charge is 0.292 e. The SMILES string of the molecule is CCCn1ncc(Br)c1C(=O)CC1CCC1. The highest BCUT2D eigenvalue weighted by molar-refractivity contribution is 9.10. The zero-order valence-electron chi connectivity index (χ0n) is 9.58. The van der Waals surface area contributed by atoms with Crippen molar-refractivity contribution in [2.24, 2.45) is 5.92 Å². The van der Waals surface area contributed by atoms with Gasteiger partial charge in [0.2, 0.25) is 0 Å². The predicted octanol–water partition coefficient (Wildman–Crippen LogP) is 3.43. The number of carbonyl (C=O) groups excluding carboxylic acids is 1. The van der Waals surface area contributed by atoms with Crippen molar-refractivity contribution in [1.82, 2.24) is 9.78 Å². The number of aryl methyl sites for hydroxylation is 1. The number of rotatable bonds is 5. The van der Waals surface area contributed by atoms with Crippen LogP contribution >= 0.6 is 15.9 Å². The molecule has 1 aromatic heterocycles. The molecule has 0 spiro atoms. The van der Waals surface area contributed by atoms with Gasteiger partial charge in [-0.2, -0.15) is 5.10 Å². The number of nitrogens with zero attached hydrogens (tertiary/aromatic N) is 2. The van der Waals surface area contributed by atoms with Gasteiger partial charge < -0.3 is 0 Å². The Balaban J connectivity index is 2.10. The zero-order chi connectivity index (χ0) is 11.5. The molecule has 0 N–H and O–H groups in total. The van der Waals surface area contributed by atoms with Crippen LogP contribution in [0.4, 0.5) is 0 Å². The van der Waals surface area contributed by atoms with Crippen LogP contribution in [-0.2, 0) is 6.54 Å². The highest BCUT2D eigenvalue weighted by Crippen LogP contribution is 2.31. The highest BCUT2D eigenvalue weighted by Gasteiger charge is 2.24. The Labute approximate surface area is 104 Å². The van der Waals surface area contributed by atoms with E-state index in [1.807, 2.05) is 4.68 Å². The van der Waals surface area contributed by atoms with Gasteiger partial charge in [0.15, 0.2) is 5.78 Å². The number of Topliss-reactive ketones (excluding diaryl/α,β-unsaturated/α-hetero) is 1. The van der Waals surface area contributed by atoms with Gasteiger partial charge in [0.05, 0.1) is 10.7 Å². The monoisotopic (exact) mass is 284 g/mol. The van der Waals surface area contributed by atoms with Gasteiger partial charge in [-0.1, -0.05) is 26.2 Å². The summed E-state index contributed by atoms with van der Waals surface area (Å²) in [5.41, 5.74) is 0.758. The molecule has 0 atom stereocenters. The molecule has 4 heteroatoms. The third kappa shape index (κ3) is 2.37. The van der Waals surface area contributed by atoms with Crippen molar-refractivity contribution in [3.8, 4) is 0 Å². The lowest BCUT2D eigenvalue weighted by molar-refractivity contribution is 0.0924. The van der Waals surface area contributed by atoms with Crippen LogP contribution in [0.15, 0.2) is 10.7 Å². The van der Waals surface area contributed by atoms with Crippen LogP contribution in [0.2, 0.25) is 0 Å². The van der Waals surface area contributed by atoms with E-state index in [1.165, 1.54) is 19.3 Å². The molecule has 88 valence electrons. The summed E-state index contributed by atoms with van der Waals surface area (Å²) >= 11 is 3.41. The Morgan fingerprint density at radius 1 is 1.62 bits per heavy atom. The van der Waals surface area contributed by atoms with E-state index in [2.05, 4.69) is 28.0 Å². The van der Waals surface area contributed by atoms with Gasteiger partial charge in [0.1, 0.15) is 5.69 Å². The first-order chi connectivity index (χ1) is 7.72. The molecule has 0 amide bonds. The molecule has 1 aliphatic rings. The molecule has 16 heavy (non-hydrogen) atoms. The van der Waals surface area contributed by atoms with E-state index in [0.717, 1.165) is 23.1 Å². The van der Waals surface area contributed by atoms with Crippen molar-refractivity contribution in [3.63, 3.8) is 0 Å². The maximum absolute atomic E-state index is 12.1. The molecule has 0 radical (unpaired) electrons. The van der Waals surface area contributed by atoms with E-state index in [1.54, 1.807) is 6.20 Å². The second-order valence-electron chi connectivity index (χ2n) is 4.49. The van der Waals surface area contributed by atoms with E-state index in [-0.39, 0.29) is 5.78 Å². The fraction of sp³-hybridized carbons (Fsp3) is 0.667. The minimum atomic E-state index is 0.238. The van der Waals surface area contributed by atoms with Gasteiger partial charge in [-0.3, -0.25) is 9.48 Å². The van der Waals surface area contributed by atoms with Gasteiger partial charge in [-0.15, -0.1) is 0 Å². The lowest BCUT2D eigenvalue weighted by atomic mass is 9.81. The fourth-order valence-corrected chi connectivity index (χ4v) is 2.59. The number of hydrogen-bond donors (Lipinski definition) is 0. The second kappa shape index (κ2) is 5.13. The van der Waals surface area contributed by atoms with Crippen LogP contribution < -0.4 is 0 Å². The Hall–Kier alpha value is -0.640. The van der Waals surface area contributed by atoms with Crippen molar-refractivity contribution in [1.29, 1.82) is 0 Å². The number of ketones is 1. The lowest BCUT2D eigenvalue weighted by Gasteiger charge is -2.24. The topological polar surface area (TPSA) is 34.9 Å². The van der Waals surface area contributed by atoms with Crippen molar-refractivity contribution in [2.75, 3.05) is 0 Å². The molecule has 3 nitrogen and oxygen atoms in total. The van der Waals surface area contributed by atoms with Crippen molar-refractivity contribution in [3.05, 3.63) is 16.4 Å². The molecule has 1 saturated carbocycles. The van der Waals surface area contributed by atoms with Crippen molar-refractivity contribution in [2.45, 2.75) is 45.6 Å². The molecule has 0 saturated heterocycles. The molecule has 1 fully saturated rings. The Morgan fingerprint density at radius 2 is 2.38 bits per heavy atom. The van der Waals surface area contributed by atoms with E-state index in [4.69, 9.17) is 0 Å². The quantitative estimate of drug-likeness (QED) is 0.777. The third-order valence-corrected chi connectivity index (χ3v) is 3.77. The predicted molar refractivity (Wildman–Crippen MR) is 66.5 cm³/mol. The number of aromatic nitrogens is 2. The van der Waals surface area contributed by atoms with Gasteiger partial charge in [-0.05, 0) is 28.3 Å². The van der Waals surface area contributed by atoms with Crippen LogP contribution in [0.5, 0.6) is 0 Å². The molecule has 1 aromatic rings. The van der Waals surface area contributed by atoms with Crippen molar-refractivity contribution < 1.29 is 4.79 Å². The van der Waals surface area contributed by atoms with Gasteiger partial charge >= 0.3 is 0 Å². The maximum atomic E-state index is 12.1. The van der Waals surface area contributed by atoms with E-state index >= 15 is 0 Å². The fourth-order valence-electron chi connectivity index (χ4n) is 2.08. The van der Waals surface area contributed by atoms with Gasteiger partial charge in [-0.25, -0.2) is 0 Å².